The lowest BCUT2D eigenvalue weighted by Gasteiger charge is -2.28. The van der Waals surface area contributed by atoms with Crippen molar-refractivity contribution in [1.29, 1.82) is 0 Å². The van der Waals surface area contributed by atoms with E-state index in [2.05, 4.69) is 37.5 Å². The molecule has 0 radical (unpaired) electrons. The summed E-state index contributed by atoms with van der Waals surface area (Å²) < 4.78 is 5.96. The van der Waals surface area contributed by atoms with Crippen LogP contribution in [0, 0.1) is 6.57 Å². The third kappa shape index (κ3) is 3.39. The van der Waals surface area contributed by atoms with Crippen molar-refractivity contribution in [2.24, 2.45) is 0 Å². The number of rotatable bonds is 3. The first-order valence-electron chi connectivity index (χ1n) is 5.67. The highest BCUT2D eigenvalue weighted by Crippen LogP contribution is 2.34. The minimum Gasteiger partial charge on any atom is -0.548 e. The van der Waals surface area contributed by atoms with Gasteiger partial charge >= 0.3 is 0 Å². The van der Waals surface area contributed by atoms with Gasteiger partial charge in [-0.2, -0.15) is 0 Å². The normalized spacial score (nSPS) is 26.7. The Bertz CT molecular complexity index is 298. The Labute approximate surface area is 94.3 Å². The molecule has 1 aliphatic carbocycles. The average molecular weight is 223 g/mol. The molecule has 0 amide bonds. The van der Waals surface area contributed by atoms with Crippen molar-refractivity contribution in [3.8, 4) is 0 Å². The van der Waals surface area contributed by atoms with E-state index in [1.165, 1.54) is 0 Å². The highest BCUT2D eigenvalue weighted by atomic mass is 28.4. The van der Waals surface area contributed by atoms with Crippen LogP contribution in [0.2, 0.25) is 19.6 Å². The van der Waals surface area contributed by atoms with Crippen molar-refractivity contribution >= 4 is 8.32 Å². The van der Waals surface area contributed by atoms with Crippen molar-refractivity contribution < 1.29 is 4.43 Å². The second-order valence-corrected chi connectivity index (χ2v) is 9.71. The zero-order chi connectivity index (χ0) is 11.5. The van der Waals surface area contributed by atoms with Gasteiger partial charge in [-0.05, 0) is 25.7 Å². The van der Waals surface area contributed by atoms with Crippen LogP contribution in [-0.2, 0) is 4.43 Å². The molecule has 1 atom stereocenters. The number of hydrogen-bond acceptors (Lipinski definition) is 1. The average Bonchev–Trinajstić information content (AvgIpc) is 2.17. The molecule has 0 aromatic rings. The maximum atomic E-state index is 7.25. The summed E-state index contributed by atoms with van der Waals surface area (Å²) in [5.74, 6) is 1.13. The topological polar surface area (TPSA) is 13.6 Å². The lowest BCUT2D eigenvalue weighted by molar-refractivity contribution is 0.336. The molecule has 3 heteroatoms. The molecule has 0 aromatic carbocycles. The fourth-order valence-corrected chi connectivity index (χ4v) is 2.82. The van der Waals surface area contributed by atoms with E-state index < -0.39 is 8.32 Å². The molecular weight excluding hydrogens is 202 g/mol. The lowest BCUT2D eigenvalue weighted by Crippen LogP contribution is -2.30. The highest BCUT2D eigenvalue weighted by molar-refractivity contribution is 6.70. The van der Waals surface area contributed by atoms with Crippen LogP contribution in [-0.4, -0.2) is 13.9 Å². The van der Waals surface area contributed by atoms with Crippen LogP contribution >= 0.6 is 0 Å². The smallest absolute Gasteiger partial charge is 0.241 e. The summed E-state index contributed by atoms with van der Waals surface area (Å²) in [6.45, 7) is 16.0. The number of allylic oxidation sites excluding steroid dienone is 1. The monoisotopic (exact) mass is 223 g/mol. The van der Waals surface area contributed by atoms with E-state index >= 15 is 0 Å². The number of nitrogens with zero attached hydrogens (tertiary/aromatic N) is 1. The van der Waals surface area contributed by atoms with Gasteiger partial charge in [0.2, 0.25) is 13.9 Å². The standard InChI is InChI=1S/C12H21NOSi/c1-6-12(13-2)9-7-11(8-10-12)14-15(3,4)5/h7H,6,8-10H2,1,3-5H3. The zero-order valence-corrected chi connectivity index (χ0v) is 11.3. The maximum Gasteiger partial charge on any atom is 0.241 e. The molecule has 2 nitrogen and oxygen atoms in total. The molecule has 1 aliphatic rings. The van der Waals surface area contributed by atoms with Gasteiger partial charge in [0.25, 0.3) is 0 Å². The van der Waals surface area contributed by atoms with E-state index in [1.54, 1.807) is 0 Å². The molecular formula is C12H21NOSi. The summed E-state index contributed by atoms with van der Waals surface area (Å²) in [5.41, 5.74) is -0.133. The van der Waals surface area contributed by atoms with Crippen molar-refractivity contribution in [3.63, 3.8) is 0 Å². The maximum absolute atomic E-state index is 7.25. The minimum absolute atomic E-state index is 0.133. The summed E-state index contributed by atoms with van der Waals surface area (Å²) in [4.78, 5) is 3.79. The predicted octanol–water partition coefficient (Wildman–Crippen LogP) is 3.97. The van der Waals surface area contributed by atoms with Crippen LogP contribution in [0.25, 0.3) is 4.85 Å². The van der Waals surface area contributed by atoms with Crippen molar-refractivity contribution in [2.45, 2.75) is 57.8 Å². The third-order valence-electron chi connectivity index (χ3n) is 2.88. The summed E-state index contributed by atoms with van der Waals surface area (Å²) in [5, 5.41) is 0. The predicted molar refractivity (Wildman–Crippen MR) is 66.0 cm³/mol. The molecule has 15 heavy (non-hydrogen) atoms. The van der Waals surface area contributed by atoms with E-state index in [4.69, 9.17) is 11.0 Å². The quantitative estimate of drug-likeness (QED) is 0.521. The van der Waals surface area contributed by atoms with Gasteiger partial charge in [-0.15, -0.1) is 0 Å². The van der Waals surface area contributed by atoms with E-state index in [0.717, 1.165) is 31.4 Å². The van der Waals surface area contributed by atoms with Crippen LogP contribution in [0.5, 0.6) is 0 Å². The van der Waals surface area contributed by atoms with E-state index in [-0.39, 0.29) is 5.54 Å². The molecule has 1 rings (SSSR count). The Morgan fingerprint density at radius 3 is 2.53 bits per heavy atom. The van der Waals surface area contributed by atoms with Crippen LogP contribution < -0.4 is 0 Å². The van der Waals surface area contributed by atoms with Gasteiger partial charge in [-0.3, -0.25) is 0 Å². The lowest BCUT2D eigenvalue weighted by atomic mass is 9.83. The van der Waals surface area contributed by atoms with Crippen molar-refractivity contribution in [2.75, 3.05) is 0 Å². The third-order valence-corrected chi connectivity index (χ3v) is 3.75. The van der Waals surface area contributed by atoms with E-state index in [0.29, 0.717) is 0 Å². The van der Waals surface area contributed by atoms with Crippen LogP contribution in [0.15, 0.2) is 11.8 Å². The van der Waals surface area contributed by atoms with Gasteiger partial charge in [0, 0.05) is 25.7 Å². The summed E-state index contributed by atoms with van der Waals surface area (Å²) >= 11 is 0. The van der Waals surface area contributed by atoms with E-state index in [9.17, 15) is 0 Å². The van der Waals surface area contributed by atoms with Gasteiger partial charge in [-0.1, -0.05) is 6.92 Å². The molecule has 0 bridgehead atoms. The molecule has 0 heterocycles. The fraction of sp³-hybridized carbons (Fsp3) is 0.750. The molecule has 0 aromatic heterocycles. The molecule has 0 saturated heterocycles. The van der Waals surface area contributed by atoms with Crippen LogP contribution in [0.1, 0.15) is 32.6 Å². The number of hydrogen-bond donors (Lipinski definition) is 0. The first-order valence-corrected chi connectivity index (χ1v) is 9.08. The second kappa shape index (κ2) is 4.40. The SMILES string of the molecule is [C-]#[N+]C1(CC)CC=C(O[Si](C)(C)C)CC1. The highest BCUT2D eigenvalue weighted by Gasteiger charge is 2.37. The van der Waals surface area contributed by atoms with Gasteiger partial charge in [0.15, 0.2) is 0 Å². The first-order chi connectivity index (χ1) is 6.91. The second-order valence-electron chi connectivity index (χ2n) is 5.28. The Balaban J connectivity index is 2.64. The Morgan fingerprint density at radius 2 is 2.20 bits per heavy atom. The molecule has 0 saturated carbocycles. The molecule has 84 valence electrons. The Morgan fingerprint density at radius 1 is 1.53 bits per heavy atom. The minimum atomic E-state index is -1.46. The van der Waals surface area contributed by atoms with Crippen molar-refractivity contribution in [1.82, 2.24) is 0 Å². The van der Waals surface area contributed by atoms with Gasteiger partial charge < -0.3 is 9.27 Å². The van der Waals surface area contributed by atoms with Gasteiger partial charge in [-0.25, -0.2) is 6.57 Å². The summed E-state index contributed by atoms with van der Waals surface area (Å²) in [7, 11) is -1.46. The van der Waals surface area contributed by atoms with Crippen LogP contribution in [0.3, 0.4) is 0 Å². The molecule has 0 fully saturated rings. The molecule has 1 unspecified atom stereocenters. The van der Waals surface area contributed by atoms with Crippen molar-refractivity contribution in [3.05, 3.63) is 23.3 Å². The van der Waals surface area contributed by atoms with Gasteiger partial charge in [0.05, 0.1) is 5.76 Å². The van der Waals surface area contributed by atoms with Gasteiger partial charge in [0.1, 0.15) is 0 Å². The van der Waals surface area contributed by atoms with Crippen LogP contribution in [0.4, 0.5) is 0 Å². The van der Waals surface area contributed by atoms with E-state index in [1.807, 2.05) is 0 Å². The molecule has 0 spiro atoms. The Kier molecular flexibility index (Phi) is 3.61. The molecule has 0 aliphatic heterocycles. The zero-order valence-electron chi connectivity index (χ0n) is 10.3. The summed E-state index contributed by atoms with van der Waals surface area (Å²) in [6.07, 6.45) is 5.87. The Hall–Kier alpha value is -0.753. The fourth-order valence-electron chi connectivity index (χ4n) is 1.85. The first kappa shape index (κ1) is 12.3. The largest absolute Gasteiger partial charge is 0.548 e. The summed E-state index contributed by atoms with van der Waals surface area (Å²) in [6, 6.07) is 0. The molecule has 0 N–H and O–H groups in total.